The minimum absolute atomic E-state index is 0.254. The number of benzene rings is 2. The summed E-state index contributed by atoms with van der Waals surface area (Å²) >= 11 is 0. The van der Waals surface area contributed by atoms with Gasteiger partial charge in [0.1, 0.15) is 6.61 Å². The van der Waals surface area contributed by atoms with Crippen molar-refractivity contribution in [1.29, 1.82) is 0 Å². The van der Waals surface area contributed by atoms with E-state index >= 15 is 0 Å². The number of nitrogens with one attached hydrogen (secondary N) is 1. The molecule has 0 bridgehead atoms. The SMILES string of the molecule is CC1(C)OB(c2cccc(C#CCCNC(=O)OCc3ccccc3)c2)OC1(C)C. The van der Waals surface area contributed by atoms with E-state index < -0.39 is 13.2 Å². The number of carbonyl (C=O) groups is 1. The van der Waals surface area contributed by atoms with Gasteiger partial charge >= 0.3 is 13.2 Å². The first-order valence-electron chi connectivity index (χ1n) is 10.2. The molecule has 0 atom stereocenters. The van der Waals surface area contributed by atoms with Crippen LogP contribution in [0.25, 0.3) is 0 Å². The van der Waals surface area contributed by atoms with Crippen LogP contribution in [0, 0.1) is 11.8 Å². The van der Waals surface area contributed by atoms with Gasteiger partial charge < -0.3 is 19.4 Å². The van der Waals surface area contributed by atoms with Gasteiger partial charge in [0.05, 0.1) is 11.2 Å². The van der Waals surface area contributed by atoms with Crippen molar-refractivity contribution in [3.05, 3.63) is 65.7 Å². The smallest absolute Gasteiger partial charge is 0.445 e. The average molecular weight is 405 g/mol. The molecule has 6 heteroatoms. The Morgan fingerprint density at radius 3 is 2.43 bits per heavy atom. The maximum absolute atomic E-state index is 11.7. The zero-order valence-electron chi connectivity index (χ0n) is 18.0. The zero-order valence-corrected chi connectivity index (χ0v) is 18.0. The first kappa shape index (κ1) is 22.0. The number of carbonyl (C=O) groups excluding carboxylic acids is 1. The van der Waals surface area contributed by atoms with Crippen molar-refractivity contribution in [1.82, 2.24) is 5.32 Å². The molecule has 0 saturated carbocycles. The molecule has 3 rings (SSSR count). The van der Waals surface area contributed by atoms with Crippen LogP contribution >= 0.6 is 0 Å². The molecular weight excluding hydrogens is 377 g/mol. The van der Waals surface area contributed by atoms with Crippen LogP contribution in [-0.4, -0.2) is 31.0 Å². The highest BCUT2D eigenvalue weighted by molar-refractivity contribution is 6.62. The summed E-state index contributed by atoms with van der Waals surface area (Å²) in [7, 11) is -0.405. The van der Waals surface area contributed by atoms with Crippen molar-refractivity contribution in [2.24, 2.45) is 0 Å². The first-order chi connectivity index (χ1) is 14.3. The molecule has 0 spiro atoms. The van der Waals surface area contributed by atoms with Crippen molar-refractivity contribution in [3.8, 4) is 11.8 Å². The minimum Gasteiger partial charge on any atom is -0.445 e. The van der Waals surface area contributed by atoms with E-state index in [1.54, 1.807) is 0 Å². The summed E-state index contributed by atoms with van der Waals surface area (Å²) in [4.78, 5) is 11.7. The van der Waals surface area contributed by atoms with Crippen molar-refractivity contribution < 1.29 is 18.8 Å². The van der Waals surface area contributed by atoms with E-state index in [2.05, 4.69) is 17.2 Å². The molecule has 2 aromatic carbocycles. The van der Waals surface area contributed by atoms with Crippen LogP contribution < -0.4 is 10.8 Å². The van der Waals surface area contributed by atoms with E-state index in [4.69, 9.17) is 14.0 Å². The van der Waals surface area contributed by atoms with Crippen LogP contribution in [0.15, 0.2) is 54.6 Å². The summed E-state index contributed by atoms with van der Waals surface area (Å²) in [6.45, 7) is 8.83. The Labute approximate surface area is 179 Å². The van der Waals surface area contributed by atoms with Gasteiger partial charge in [-0.2, -0.15) is 0 Å². The zero-order chi connectivity index (χ0) is 21.6. The van der Waals surface area contributed by atoms with E-state index in [0.717, 1.165) is 16.6 Å². The van der Waals surface area contributed by atoms with Gasteiger partial charge in [-0.25, -0.2) is 4.79 Å². The predicted octanol–water partition coefficient (Wildman–Crippen LogP) is 3.65. The van der Waals surface area contributed by atoms with Crippen LogP contribution in [0.2, 0.25) is 0 Å². The molecule has 1 aliphatic rings. The second-order valence-electron chi connectivity index (χ2n) is 8.25. The lowest BCUT2D eigenvalue weighted by Crippen LogP contribution is -2.41. The van der Waals surface area contributed by atoms with E-state index in [-0.39, 0.29) is 17.8 Å². The third-order valence-electron chi connectivity index (χ3n) is 5.38. The molecule has 0 radical (unpaired) electrons. The predicted molar refractivity (Wildman–Crippen MR) is 118 cm³/mol. The van der Waals surface area contributed by atoms with Crippen molar-refractivity contribution in [2.45, 2.75) is 51.9 Å². The van der Waals surface area contributed by atoms with Crippen LogP contribution in [0.1, 0.15) is 45.2 Å². The lowest BCUT2D eigenvalue weighted by atomic mass is 9.78. The fourth-order valence-corrected chi connectivity index (χ4v) is 2.91. The third kappa shape index (κ3) is 5.66. The molecule has 1 amide bonds. The topological polar surface area (TPSA) is 56.8 Å². The number of rotatable bonds is 5. The maximum Gasteiger partial charge on any atom is 0.494 e. The maximum atomic E-state index is 11.7. The normalized spacial score (nSPS) is 16.5. The molecule has 1 aliphatic heterocycles. The van der Waals surface area contributed by atoms with Crippen LogP contribution in [0.4, 0.5) is 4.79 Å². The molecule has 0 aromatic heterocycles. The average Bonchev–Trinajstić information content (AvgIpc) is 2.94. The Balaban J connectivity index is 1.45. The highest BCUT2D eigenvalue weighted by atomic mass is 16.7. The molecule has 0 aliphatic carbocycles. The highest BCUT2D eigenvalue weighted by Crippen LogP contribution is 2.36. The van der Waals surface area contributed by atoms with E-state index in [0.29, 0.717) is 13.0 Å². The van der Waals surface area contributed by atoms with Crippen molar-refractivity contribution >= 4 is 18.7 Å². The fraction of sp³-hybridized carbons (Fsp3) is 0.375. The fourth-order valence-electron chi connectivity index (χ4n) is 2.91. The Bertz CT molecular complexity index is 915. The highest BCUT2D eigenvalue weighted by Gasteiger charge is 2.51. The summed E-state index contributed by atoms with van der Waals surface area (Å²) < 4.78 is 17.4. The molecule has 5 nitrogen and oxygen atoms in total. The van der Waals surface area contributed by atoms with Gasteiger partial charge in [0.15, 0.2) is 0 Å². The second kappa shape index (κ2) is 9.38. The van der Waals surface area contributed by atoms with E-state index in [9.17, 15) is 4.79 Å². The third-order valence-corrected chi connectivity index (χ3v) is 5.38. The van der Waals surface area contributed by atoms with Gasteiger partial charge in [0, 0.05) is 18.5 Å². The lowest BCUT2D eigenvalue weighted by Gasteiger charge is -2.32. The molecule has 1 heterocycles. The Kier molecular flexibility index (Phi) is 6.86. The summed E-state index contributed by atoms with van der Waals surface area (Å²) in [5.74, 6) is 6.21. The van der Waals surface area contributed by atoms with Crippen LogP contribution in [0.3, 0.4) is 0 Å². The van der Waals surface area contributed by atoms with Crippen molar-refractivity contribution in [3.63, 3.8) is 0 Å². The van der Waals surface area contributed by atoms with Crippen LogP contribution in [0.5, 0.6) is 0 Å². The minimum atomic E-state index is -0.441. The summed E-state index contributed by atoms with van der Waals surface area (Å²) in [6, 6.07) is 17.4. The second-order valence-corrected chi connectivity index (χ2v) is 8.25. The molecule has 2 aromatic rings. The quantitative estimate of drug-likeness (QED) is 0.469. The summed E-state index contributed by atoms with van der Waals surface area (Å²) in [5.41, 5.74) is 2.03. The van der Waals surface area contributed by atoms with Gasteiger partial charge in [-0.1, -0.05) is 54.3 Å². The Morgan fingerprint density at radius 2 is 1.73 bits per heavy atom. The van der Waals surface area contributed by atoms with Gasteiger partial charge in [0.25, 0.3) is 0 Å². The Morgan fingerprint density at radius 1 is 1.03 bits per heavy atom. The first-order valence-corrected chi connectivity index (χ1v) is 10.2. The largest absolute Gasteiger partial charge is 0.494 e. The number of hydrogen-bond acceptors (Lipinski definition) is 4. The number of alkyl carbamates (subject to hydrolysis) is 1. The summed E-state index contributed by atoms with van der Waals surface area (Å²) in [6.07, 6.45) is 0.0876. The summed E-state index contributed by atoms with van der Waals surface area (Å²) in [5, 5.41) is 2.71. The molecule has 1 fully saturated rings. The number of hydrogen-bond donors (Lipinski definition) is 1. The molecule has 156 valence electrons. The van der Waals surface area contributed by atoms with Gasteiger partial charge in [-0.3, -0.25) is 0 Å². The van der Waals surface area contributed by atoms with Crippen LogP contribution in [-0.2, 0) is 20.7 Å². The van der Waals surface area contributed by atoms with E-state index in [1.165, 1.54) is 0 Å². The monoisotopic (exact) mass is 405 g/mol. The van der Waals surface area contributed by atoms with E-state index in [1.807, 2.05) is 82.3 Å². The van der Waals surface area contributed by atoms with Crippen molar-refractivity contribution in [2.75, 3.05) is 6.54 Å². The number of ether oxygens (including phenoxy) is 1. The molecular formula is C24H28BNO4. The number of amides is 1. The molecule has 1 saturated heterocycles. The Hall–Kier alpha value is -2.75. The standard InChI is InChI=1S/C24H28BNO4/c1-23(2)24(3,4)30-25(29-23)21-15-10-14-19(17-21)11-8-9-16-26-22(27)28-18-20-12-6-5-7-13-20/h5-7,10,12-15,17H,9,16,18H2,1-4H3,(H,26,27). The molecule has 1 N–H and O–H groups in total. The van der Waals surface area contributed by atoms with Gasteiger partial charge in [-0.05, 0) is 50.9 Å². The molecule has 30 heavy (non-hydrogen) atoms. The van der Waals surface area contributed by atoms with Gasteiger partial charge in [-0.15, -0.1) is 0 Å². The lowest BCUT2D eigenvalue weighted by molar-refractivity contribution is 0.00578. The molecule has 0 unspecified atom stereocenters. The van der Waals surface area contributed by atoms with Gasteiger partial charge in [0.2, 0.25) is 0 Å².